The summed E-state index contributed by atoms with van der Waals surface area (Å²) in [6.45, 7) is 4.64. The minimum absolute atomic E-state index is 0.330. The van der Waals surface area contributed by atoms with E-state index in [0.717, 1.165) is 53.1 Å². The summed E-state index contributed by atoms with van der Waals surface area (Å²) in [6.07, 6.45) is 7.56. The number of fused-ring (bicyclic) bond motifs is 1. The third-order valence-corrected chi connectivity index (χ3v) is 6.00. The molecule has 0 radical (unpaired) electrons. The van der Waals surface area contributed by atoms with Crippen molar-refractivity contribution in [3.63, 3.8) is 0 Å². The van der Waals surface area contributed by atoms with Gasteiger partial charge in [0.05, 0.1) is 34.3 Å². The molecule has 6 heterocycles. The Hall–Kier alpha value is -3.98. The largest absolute Gasteiger partial charge is 0.316 e. The fourth-order valence-electron chi connectivity index (χ4n) is 4.03. The van der Waals surface area contributed by atoms with Crippen molar-refractivity contribution in [3.8, 4) is 33.8 Å². The molecule has 0 aliphatic carbocycles. The number of nitrogens with one attached hydrogen (secondary N) is 2. The lowest BCUT2D eigenvalue weighted by Crippen LogP contribution is -2.44. The van der Waals surface area contributed by atoms with Gasteiger partial charge in [-0.05, 0) is 37.3 Å². The van der Waals surface area contributed by atoms with Crippen LogP contribution in [-0.2, 0) is 6.54 Å². The van der Waals surface area contributed by atoms with E-state index in [1.165, 1.54) is 6.07 Å². The van der Waals surface area contributed by atoms with Gasteiger partial charge in [-0.25, -0.2) is 14.4 Å². The molecular weight excluding hydrogens is 419 g/mol. The van der Waals surface area contributed by atoms with Gasteiger partial charge in [0.15, 0.2) is 0 Å². The summed E-state index contributed by atoms with van der Waals surface area (Å²) in [7, 11) is 0. The number of H-pyrrole nitrogens is 1. The maximum atomic E-state index is 13.7. The summed E-state index contributed by atoms with van der Waals surface area (Å²) in [5.41, 5.74) is 6.63. The number of aryl methyl sites for hydroxylation is 1. The molecule has 0 saturated carbocycles. The van der Waals surface area contributed by atoms with Crippen LogP contribution in [0.3, 0.4) is 0 Å². The van der Waals surface area contributed by atoms with Crippen LogP contribution in [0, 0.1) is 18.7 Å². The average Bonchev–Trinajstić information content (AvgIpc) is 3.47. The van der Waals surface area contributed by atoms with Crippen LogP contribution in [-0.4, -0.2) is 48.0 Å². The molecule has 33 heavy (non-hydrogen) atoms. The molecule has 1 aliphatic rings. The maximum absolute atomic E-state index is 13.7. The number of rotatable bonds is 5. The summed E-state index contributed by atoms with van der Waals surface area (Å²) < 4.78 is 15.7. The summed E-state index contributed by atoms with van der Waals surface area (Å²) in [5.74, 6) is 0.297. The van der Waals surface area contributed by atoms with Crippen LogP contribution < -0.4 is 5.32 Å². The van der Waals surface area contributed by atoms with Crippen LogP contribution in [0.25, 0.3) is 44.8 Å². The Morgan fingerprint density at radius 3 is 2.73 bits per heavy atom. The Morgan fingerprint density at radius 2 is 1.91 bits per heavy atom. The molecule has 5 aromatic rings. The third-order valence-electron chi connectivity index (χ3n) is 6.00. The van der Waals surface area contributed by atoms with Crippen molar-refractivity contribution in [2.24, 2.45) is 5.92 Å². The first-order chi connectivity index (χ1) is 16.1. The molecule has 0 bridgehead atoms. The number of halogens is 1. The zero-order valence-corrected chi connectivity index (χ0v) is 18.0. The number of aromatic nitrogens is 7. The summed E-state index contributed by atoms with van der Waals surface area (Å²) in [4.78, 5) is 13.8. The summed E-state index contributed by atoms with van der Waals surface area (Å²) in [6, 6.07) is 8.90. The number of hydrogen-bond donors (Lipinski definition) is 2. The highest BCUT2D eigenvalue weighted by Gasteiger charge is 2.18. The van der Waals surface area contributed by atoms with Crippen LogP contribution in [0.4, 0.5) is 4.39 Å². The smallest absolute Gasteiger partial charge is 0.144 e. The van der Waals surface area contributed by atoms with Crippen molar-refractivity contribution in [2.45, 2.75) is 13.5 Å². The minimum atomic E-state index is -0.342. The zero-order chi connectivity index (χ0) is 22.4. The lowest BCUT2D eigenvalue weighted by atomic mass is 10.0. The Kier molecular flexibility index (Phi) is 4.69. The number of nitrogens with zero attached hydrogens (tertiary/aromatic N) is 6. The molecule has 5 aromatic heterocycles. The van der Waals surface area contributed by atoms with Crippen molar-refractivity contribution in [1.29, 1.82) is 0 Å². The van der Waals surface area contributed by atoms with E-state index < -0.39 is 0 Å². The molecule has 2 N–H and O–H groups in total. The lowest BCUT2D eigenvalue weighted by molar-refractivity contribution is 0.295. The highest BCUT2D eigenvalue weighted by atomic mass is 19.1. The number of hydrogen-bond acceptors (Lipinski definition) is 6. The Bertz CT molecular complexity index is 1470. The lowest BCUT2D eigenvalue weighted by Gasteiger charge is -2.26. The molecule has 0 spiro atoms. The van der Waals surface area contributed by atoms with Gasteiger partial charge in [-0.3, -0.25) is 14.8 Å². The van der Waals surface area contributed by atoms with Gasteiger partial charge < -0.3 is 5.32 Å². The first kappa shape index (κ1) is 19.7. The number of aromatic amines is 1. The van der Waals surface area contributed by atoms with Gasteiger partial charge in [0.25, 0.3) is 0 Å². The van der Waals surface area contributed by atoms with E-state index in [1.807, 2.05) is 35.3 Å². The predicted molar refractivity (Wildman–Crippen MR) is 123 cm³/mol. The minimum Gasteiger partial charge on any atom is -0.316 e. The molecule has 6 rings (SSSR count). The van der Waals surface area contributed by atoms with Crippen molar-refractivity contribution in [1.82, 2.24) is 40.2 Å². The molecular formula is C24H21FN8. The van der Waals surface area contributed by atoms with E-state index in [0.29, 0.717) is 23.0 Å². The predicted octanol–water partition coefficient (Wildman–Crippen LogP) is 3.61. The molecule has 9 heteroatoms. The monoisotopic (exact) mass is 440 g/mol. The second kappa shape index (κ2) is 7.86. The van der Waals surface area contributed by atoms with Gasteiger partial charge in [0.1, 0.15) is 11.5 Å². The fourth-order valence-corrected chi connectivity index (χ4v) is 4.03. The van der Waals surface area contributed by atoms with Crippen LogP contribution in [0.5, 0.6) is 0 Å². The standard InChI is InChI=1S/C24H21FN8/c1-14-19(25)2-3-22(30-14)24-18(11-28-32-24)20-4-5-21-23(31-20)6-16(9-27-21)17-10-29-33(13-17)12-15-7-26-8-15/h2-6,9-11,13,15,26H,7-8,12H2,1H3,(H,28,32). The first-order valence-corrected chi connectivity index (χ1v) is 10.8. The Morgan fingerprint density at radius 1 is 1.03 bits per heavy atom. The molecule has 164 valence electrons. The summed E-state index contributed by atoms with van der Waals surface area (Å²) >= 11 is 0. The van der Waals surface area contributed by atoms with E-state index in [-0.39, 0.29) is 5.82 Å². The molecule has 0 aromatic carbocycles. The van der Waals surface area contributed by atoms with E-state index in [2.05, 4.69) is 36.8 Å². The normalized spacial score (nSPS) is 14.0. The van der Waals surface area contributed by atoms with E-state index in [4.69, 9.17) is 4.98 Å². The second-order valence-corrected chi connectivity index (χ2v) is 8.35. The Balaban J connectivity index is 1.35. The molecule has 1 saturated heterocycles. The fraction of sp³-hybridized carbons (Fsp3) is 0.208. The van der Waals surface area contributed by atoms with Crippen molar-refractivity contribution < 1.29 is 4.39 Å². The second-order valence-electron chi connectivity index (χ2n) is 8.35. The van der Waals surface area contributed by atoms with Crippen LogP contribution in [0.15, 0.2) is 55.1 Å². The van der Waals surface area contributed by atoms with E-state index in [9.17, 15) is 4.39 Å². The van der Waals surface area contributed by atoms with Crippen molar-refractivity contribution in [3.05, 3.63) is 66.6 Å². The van der Waals surface area contributed by atoms with E-state index in [1.54, 1.807) is 19.2 Å². The van der Waals surface area contributed by atoms with Gasteiger partial charge in [-0.2, -0.15) is 10.2 Å². The highest BCUT2D eigenvalue weighted by molar-refractivity contribution is 5.84. The van der Waals surface area contributed by atoms with E-state index >= 15 is 0 Å². The molecule has 0 atom stereocenters. The van der Waals surface area contributed by atoms with Crippen LogP contribution in [0.1, 0.15) is 5.69 Å². The van der Waals surface area contributed by atoms with Gasteiger partial charge in [-0.15, -0.1) is 0 Å². The quantitative estimate of drug-likeness (QED) is 0.433. The number of pyridine rings is 3. The summed E-state index contributed by atoms with van der Waals surface area (Å²) in [5, 5.41) is 15.0. The highest BCUT2D eigenvalue weighted by Crippen LogP contribution is 2.30. The van der Waals surface area contributed by atoms with Gasteiger partial charge in [0, 0.05) is 60.8 Å². The maximum Gasteiger partial charge on any atom is 0.144 e. The molecule has 0 unspecified atom stereocenters. The van der Waals surface area contributed by atoms with Gasteiger partial charge >= 0.3 is 0 Å². The third kappa shape index (κ3) is 3.66. The topological polar surface area (TPSA) is 97.2 Å². The molecule has 0 amide bonds. The van der Waals surface area contributed by atoms with Gasteiger partial charge in [-0.1, -0.05) is 0 Å². The van der Waals surface area contributed by atoms with Gasteiger partial charge in [0.2, 0.25) is 0 Å². The average molecular weight is 440 g/mol. The van der Waals surface area contributed by atoms with Crippen molar-refractivity contribution in [2.75, 3.05) is 13.1 Å². The molecule has 8 nitrogen and oxygen atoms in total. The van der Waals surface area contributed by atoms with Crippen molar-refractivity contribution >= 4 is 11.0 Å². The first-order valence-electron chi connectivity index (χ1n) is 10.8. The molecule has 1 aliphatic heterocycles. The molecule has 1 fully saturated rings. The van der Waals surface area contributed by atoms with Crippen LogP contribution in [0.2, 0.25) is 0 Å². The Labute approximate surface area is 188 Å². The van der Waals surface area contributed by atoms with Crippen LogP contribution >= 0.6 is 0 Å². The zero-order valence-electron chi connectivity index (χ0n) is 18.0. The SMILES string of the molecule is Cc1nc(-c2n[nH]cc2-c2ccc3ncc(-c4cnn(CC5CNC5)c4)cc3n2)ccc1F.